The number of benzene rings is 2. The fourth-order valence-electron chi connectivity index (χ4n) is 6.22. The molecule has 0 aliphatic carbocycles. The van der Waals surface area contributed by atoms with Crippen molar-refractivity contribution in [1.82, 2.24) is 4.90 Å². The van der Waals surface area contributed by atoms with Gasteiger partial charge in [-0.2, -0.15) is 0 Å². The molecular weight excluding hydrogens is 402 g/mol. The van der Waals surface area contributed by atoms with Gasteiger partial charge in [0.25, 0.3) is 0 Å². The Balaban J connectivity index is 1.59. The lowest BCUT2D eigenvalue weighted by molar-refractivity contribution is -0.135. The van der Waals surface area contributed by atoms with Crippen LogP contribution in [0.2, 0.25) is 5.02 Å². The van der Waals surface area contributed by atoms with Gasteiger partial charge in [-0.25, -0.2) is 4.90 Å². The van der Waals surface area contributed by atoms with Crippen molar-refractivity contribution in [3.05, 3.63) is 58.6 Å². The van der Waals surface area contributed by atoms with Gasteiger partial charge in [0.1, 0.15) is 5.54 Å². The normalized spacial score (nSPS) is 32.0. The van der Waals surface area contributed by atoms with Crippen LogP contribution in [0.25, 0.3) is 0 Å². The van der Waals surface area contributed by atoms with Crippen LogP contribution in [-0.2, 0) is 19.9 Å². The minimum absolute atomic E-state index is 0.118. The number of anilines is 2. The number of hydrogen-bond donors (Lipinski definition) is 1. The first kappa shape index (κ1) is 18.1. The molecule has 0 bridgehead atoms. The Morgan fingerprint density at radius 1 is 1.07 bits per heavy atom. The predicted molar refractivity (Wildman–Crippen MR) is 112 cm³/mol. The highest BCUT2D eigenvalue weighted by atomic mass is 35.5. The smallest absolute Gasteiger partial charge is 0.250 e. The van der Waals surface area contributed by atoms with E-state index in [0.717, 1.165) is 24.0 Å². The van der Waals surface area contributed by atoms with Gasteiger partial charge in [0.15, 0.2) is 0 Å². The maximum atomic E-state index is 13.8. The highest BCUT2D eigenvalue weighted by molar-refractivity contribution is 6.32. The van der Waals surface area contributed by atoms with E-state index in [1.165, 1.54) is 4.90 Å². The summed E-state index contributed by atoms with van der Waals surface area (Å²) in [5.41, 5.74) is 1.64. The zero-order valence-corrected chi connectivity index (χ0v) is 17.1. The van der Waals surface area contributed by atoms with Gasteiger partial charge in [0, 0.05) is 16.6 Å². The summed E-state index contributed by atoms with van der Waals surface area (Å²) in [4.78, 5) is 44.3. The molecule has 3 saturated heterocycles. The van der Waals surface area contributed by atoms with Crippen molar-refractivity contribution in [2.45, 2.75) is 31.3 Å². The van der Waals surface area contributed by atoms with Gasteiger partial charge in [0.2, 0.25) is 17.7 Å². The fourth-order valence-corrected chi connectivity index (χ4v) is 6.38. The van der Waals surface area contributed by atoms with Crippen molar-refractivity contribution in [3.8, 4) is 0 Å². The topological polar surface area (TPSA) is 69.7 Å². The molecule has 0 unspecified atom stereocenters. The van der Waals surface area contributed by atoms with Crippen molar-refractivity contribution >= 4 is 40.7 Å². The molecule has 30 heavy (non-hydrogen) atoms. The van der Waals surface area contributed by atoms with Crippen LogP contribution in [0.3, 0.4) is 0 Å². The van der Waals surface area contributed by atoms with Crippen LogP contribution < -0.4 is 10.2 Å². The Morgan fingerprint density at radius 2 is 1.83 bits per heavy atom. The highest BCUT2D eigenvalue weighted by Gasteiger charge is 2.74. The van der Waals surface area contributed by atoms with E-state index in [1.54, 1.807) is 18.2 Å². The zero-order valence-electron chi connectivity index (χ0n) is 16.4. The van der Waals surface area contributed by atoms with Crippen molar-refractivity contribution < 1.29 is 14.4 Å². The van der Waals surface area contributed by atoms with E-state index in [9.17, 15) is 14.4 Å². The molecule has 4 atom stereocenters. The SMILES string of the molecule is Cc1c(Cl)ccc2c1NC(=O)[C@@]21[C@@H]2C(=O)N(c3ccccc3)C(=O)[C@@H]2[C@@H]2CCCN21. The van der Waals surface area contributed by atoms with Crippen LogP contribution in [0.15, 0.2) is 42.5 Å². The van der Waals surface area contributed by atoms with Gasteiger partial charge >= 0.3 is 0 Å². The second kappa shape index (κ2) is 5.93. The minimum atomic E-state index is -1.16. The number of carbonyl (C=O) groups is 3. The van der Waals surface area contributed by atoms with E-state index in [2.05, 4.69) is 10.2 Å². The molecule has 4 heterocycles. The van der Waals surface area contributed by atoms with E-state index in [1.807, 2.05) is 31.2 Å². The molecule has 0 aromatic heterocycles. The monoisotopic (exact) mass is 421 g/mol. The fraction of sp³-hybridized carbons (Fsp3) is 0.348. The maximum Gasteiger partial charge on any atom is 0.250 e. The van der Waals surface area contributed by atoms with Gasteiger partial charge < -0.3 is 5.32 Å². The lowest BCUT2D eigenvalue weighted by atomic mass is 9.75. The van der Waals surface area contributed by atoms with Crippen LogP contribution in [0.4, 0.5) is 11.4 Å². The predicted octanol–water partition coefficient (Wildman–Crippen LogP) is 3.08. The molecule has 4 aliphatic rings. The van der Waals surface area contributed by atoms with Crippen molar-refractivity contribution in [2.24, 2.45) is 11.8 Å². The molecule has 152 valence electrons. The number of carbonyl (C=O) groups excluding carboxylic acids is 3. The average Bonchev–Trinajstić information content (AvgIpc) is 3.44. The first-order valence-electron chi connectivity index (χ1n) is 10.3. The molecule has 7 heteroatoms. The van der Waals surface area contributed by atoms with Gasteiger partial charge in [-0.1, -0.05) is 35.9 Å². The molecule has 4 aliphatic heterocycles. The molecule has 1 N–H and O–H groups in total. The summed E-state index contributed by atoms with van der Waals surface area (Å²) in [7, 11) is 0. The van der Waals surface area contributed by atoms with Crippen molar-refractivity contribution in [3.63, 3.8) is 0 Å². The Kier molecular flexibility index (Phi) is 3.58. The second-order valence-corrected chi connectivity index (χ2v) is 8.98. The Morgan fingerprint density at radius 3 is 2.60 bits per heavy atom. The quantitative estimate of drug-likeness (QED) is 0.718. The molecule has 1 spiro atoms. The molecule has 0 radical (unpaired) electrons. The van der Waals surface area contributed by atoms with E-state index in [-0.39, 0.29) is 23.8 Å². The van der Waals surface area contributed by atoms with Crippen molar-refractivity contribution in [2.75, 3.05) is 16.8 Å². The number of halogens is 1. The molecule has 0 saturated carbocycles. The van der Waals surface area contributed by atoms with Gasteiger partial charge in [-0.15, -0.1) is 0 Å². The van der Waals surface area contributed by atoms with E-state index < -0.39 is 17.4 Å². The number of imide groups is 1. The minimum Gasteiger partial charge on any atom is -0.324 e. The summed E-state index contributed by atoms with van der Waals surface area (Å²) in [6.07, 6.45) is 1.71. The Labute approximate surface area is 178 Å². The standard InChI is InChI=1S/C23H20ClN3O3/c1-12-15(24)10-9-14-19(12)25-22(30)23(14)18-17(16-8-5-11-26(16)23)20(28)27(21(18)29)13-6-3-2-4-7-13/h2-4,6-7,9-10,16-18H,5,8,11H2,1H3,(H,25,30)/t16-,17+,18-,23-/m0/s1. The number of amides is 3. The Hall–Kier alpha value is -2.70. The summed E-state index contributed by atoms with van der Waals surface area (Å²) < 4.78 is 0. The van der Waals surface area contributed by atoms with Crippen LogP contribution in [0, 0.1) is 18.8 Å². The highest BCUT2D eigenvalue weighted by Crippen LogP contribution is 2.61. The molecule has 3 amide bonds. The van der Waals surface area contributed by atoms with Crippen LogP contribution in [-0.4, -0.2) is 35.2 Å². The summed E-state index contributed by atoms with van der Waals surface area (Å²) in [6, 6.07) is 12.5. The summed E-state index contributed by atoms with van der Waals surface area (Å²) in [5, 5.41) is 3.58. The third kappa shape index (κ3) is 1.92. The van der Waals surface area contributed by atoms with Crippen LogP contribution in [0.5, 0.6) is 0 Å². The van der Waals surface area contributed by atoms with Crippen LogP contribution >= 0.6 is 11.6 Å². The summed E-state index contributed by atoms with van der Waals surface area (Å²) in [6.45, 7) is 2.56. The lowest BCUT2D eigenvalue weighted by Crippen LogP contribution is -2.54. The molecule has 2 aromatic carbocycles. The number of nitrogens with one attached hydrogen (secondary N) is 1. The maximum absolute atomic E-state index is 13.8. The second-order valence-electron chi connectivity index (χ2n) is 8.57. The third-order valence-electron chi connectivity index (χ3n) is 7.38. The molecule has 6 nitrogen and oxygen atoms in total. The average molecular weight is 422 g/mol. The van der Waals surface area contributed by atoms with Gasteiger partial charge in [0.05, 0.1) is 23.2 Å². The summed E-state index contributed by atoms with van der Waals surface area (Å²) >= 11 is 6.32. The van der Waals surface area contributed by atoms with E-state index >= 15 is 0 Å². The third-order valence-corrected chi connectivity index (χ3v) is 7.79. The number of fused-ring (bicyclic) bond motifs is 7. The largest absolute Gasteiger partial charge is 0.324 e. The number of nitrogens with zero attached hydrogens (tertiary/aromatic N) is 2. The van der Waals surface area contributed by atoms with Gasteiger partial charge in [-0.05, 0) is 50.1 Å². The van der Waals surface area contributed by atoms with Gasteiger partial charge in [-0.3, -0.25) is 19.3 Å². The molecule has 6 rings (SSSR count). The van der Waals surface area contributed by atoms with E-state index in [4.69, 9.17) is 11.6 Å². The lowest BCUT2D eigenvalue weighted by Gasteiger charge is -2.36. The number of hydrogen-bond acceptors (Lipinski definition) is 4. The molecule has 3 fully saturated rings. The number of para-hydroxylation sites is 1. The summed E-state index contributed by atoms with van der Waals surface area (Å²) in [5.74, 6) is -1.97. The van der Waals surface area contributed by atoms with E-state index in [0.29, 0.717) is 22.9 Å². The molecular formula is C23H20ClN3O3. The molecule has 2 aromatic rings. The Bertz CT molecular complexity index is 1130. The first-order valence-corrected chi connectivity index (χ1v) is 10.7. The van der Waals surface area contributed by atoms with Crippen LogP contribution in [0.1, 0.15) is 24.0 Å². The first-order chi connectivity index (χ1) is 14.5. The zero-order chi connectivity index (χ0) is 20.8. The number of rotatable bonds is 1. The van der Waals surface area contributed by atoms with Crippen molar-refractivity contribution in [1.29, 1.82) is 0 Å².